The van der Waals surface area contributed by atoms with Crippen molar-refractivity contribution in [2.75, 3.05) is 12.8 Å². The quantitative estimate of drug-likeness (QED) is 0.668. The molecule has 0 aliphatic rings. The molecule has 2 heterocycles. The minimum Gasteiger partial charge on any atom is -0.497 e. The third-order valence-electron chi connectivity index (χ3n) is 3.13. The number of pyridine rings is 1. The second kappa shape index (κ2) is 3.49. The van der Waals surface area contributed by atoms with Crippen molar-refractivity contribution in [1.29, 1.82) is 0 Å². The van der Waals surface area contributed by atoms with Crippen LogP contribution >= 0.6 is 0 Å². The van der Waals surface area contributed by atoms with Crippen molar-refractivity contribution in [3.63, 3.8) is 0 Å². The van der Waals surface area contributed by atoms with Crippen molar-refractivity contribution >= 4 is 27.8 Å². The van der Waals surface area contributed by atoms with Crippen molar-refractivity contribution in [1.82, 2.24) is 14.8 Å². The topological polar surface area (TPSA) is 85.9 Å². The molecule has 0 bridgehead atoms. The summed E-state index contributed by atoms with van der Waals surface area (Å²) in [5.41, 5.74) is 6.95. The lowest BCUT2D eigenvalue weighted by Gasteiger charge is -2.07. The van der Waals surface area contributed by atoms with Gasteiger partial charge in [-0.1, -0.05) is 0 Å². The van der Waals surface area contributed by atoms with Gasteiger partial charge < -0.3 is 15.0 Å². The van der Waals surface area contributed by atoms with Crippen LogP contribution in [0.15, 0.2) is 23.0 Å². The van der Waals surface area contributed by atoms with Crippen molar-refractivity contribution in [2.24, 2.45) is 7.05 Å². The van der Waals surface area contributed by atoms with Gasteiger partial charge in [-0.2, -0.15) is 5.10 Å². The van der Waals surface area contributed by atoms with Crippen LogP contribution in [0.25, 0.3) is 21.9 Å². The first-order chi connectivity index (χ1) is 8.63. The lowest BCUT2D eigenvalue weighted by molar-refractivity contribution is 0.415. The third kappa shape index (κ3) is 1.22. The Hall–Kier alpha value is -2.50. The Balaban J connectivity index is 2.60. The standard InChI is InChI=1S/C12H12N4O2/c1-16-8-4-3-6(18-2)5-7(8)10(17)9-11(13)14-15-12(9)16/h3-5H,1-2H3,(H3,13,14,15). The van der Waals surface area contributed by atoms with E-state index in [2.05, 4.69) is 10.2 Å². The number of aryl methyl sites for hydroxylation is 1. The fourth-order valence-corrected chi connectivity index (χ4v) is 2.18. The molecule has 92 valence electrons. The predicted molar refractivity (Wildman–Crippen MR) is 69.8 cm³/mol. The summed E-state index contributed by atoms with van der Waals surface area (Å²) in [5, 5.41) is 7.67. The third-order valence-corrected chi connectivity index (χ3v) is 3.13. The van der Waals surface area contributed by atoms with E-state index in [-0.39, 0.29) is 11.2 Å². The van der Waals surface area contributed by atoms with Crippen molar-refractivity contribution in [3.8, 4) is 5.75 Å². The fraction of sp³-hybridized carbons (Fsp3) is 0.167. The Kier molecular flexibility index (Phi) is 2.07. The largest absolute Gasteiger partial charge is 0.497 e. The zero-order valence-corrected chi connectivity index (χ0v) is 10.0. The van der Waals surface area contributed by atoms with Crippen LogP contribution in [0.3, 0.4) is 0 Å². The molecule has 0 unspecified atom stereocenters. The Labute approximate surface area is 102 Å². The van der Waals surface area contributed by atoms with Gasteiger partial charge in [0.15, 0.2) is 5.65 Å². The molecular weight excluding hydrogens is 232 g/mol. The molecule has 0 atom stereocenters. The highest BCUT2D eigenvalue weighted by Gasteiger charge is 2.14. The molecular formula is C12H12N4O2. The van der Waals surface area contributed by atoms with Gasteiger partial charge in [0.2, 0.25) is 5.43 Å². The summed E-state index contributed by atoms with van der Waals surface area (Å²) in [6, 6.07) is 5.35. The number of methoxy groups -OCH3 is 1. The van der Waals surface area contributed by atoms with Crippen molar-refractivity contribution in [2.45, 2.75) is 0 Å². The monoisotopic (exact) mass is 244 g/mol. The maximum atomic E-state index is 12.4. The number of hydrogen-bond acceptors (Lipinski definition) is 4. The molecule has 3 N–H and O–H groups in total. The van der Waals surface area contributed by atoms with E-state index in [0.717, 1.165) is 5.52 Å². The number of aromatic nitrogens is 3. The van der Waals surface area contributed by atoms with E-state index >= 15 is 0 Å². The number of H-pyrrole nitrogens is 1. The van der Waals surface area contributed by atoms with Gasteiger partial charge in [-0.05, 0) is 18.2 Å². The van der Waals surface area contributed by atoms with Gasteiger partial charge in [0.05, 0.1) is 18.0 Å². The Morgan fingerprint density at radius 1 is 1.44 bits per heavy atom. The number of fused-ring (bicyclic) bond motifs is 2. The molecule has 1 aromatic carbocycles. The van der Waals surface area contributed by atoms with Crippen LogP contribution in [-0.4, -0.2) is 21.9 Å². The number of aromatic amines is 1. The molecule has 6 heteroatoms. The Morgan fingerprint density at radius 3 is 2.94 bits per heavy atom. The summed E-state index contributed by atoms with van der Waals surface area (Å²) in [5.74, 6) is 0.927. The van der Waals surface area contributed by atoms with E-state index in [1.54, 1.807) is 13.2 Å². The second-order valence-corrected chi connectivity index (χ2v) is 4.11. The Bertz CT molecular complexity index is 816. The zero-order chi connectivity index (χ0) is 12.9. The number of ether oxygens (including phenoxy) is 1. The highest BCUT2D eigenvalue weighted by Crippen LogP contribution is 2.22. The number of nitrogens with two attached hydrogens (primary N) is 1. The van der Waals surface area contributed by atoms with Gasteiger partial charge in [-0.15, -0.1) is 0 Å². The fourth-order valence-electron chi connectivity index (χ4n) is 2.18. The summed E-state index contributed by atoms with van der Waals surface area (Å²) in [7, 11) is 3.41. The first-order valence-electron chi connectivity index (χ1n) is 5.43. The highest BCUT2D eigenvalue weighted by molar-refractivity contribution is 5.97. The van der Waals surface area contributed by atoms with E-state index in [9.17, 15) is 4.79 Å². The van der Waals surface area contributed by atoms with Crippen LogP contribution in [0.5, 0.6) is 5.75 Å². The van der Waals surface area contributed by atoms with Crippen molar-refractivity contribution < 1.29 is 4.74 Å². The molecule has 0 saturated carbocycles. The molecule has 0 aliphatic carbocycles. The van der Waals surface area contributed by atoms with E-state index in [1.165, 1.54) is 0 Å². The minimum absolute atomic E-state index is 0.136. The SMILES string of the molecule is COc1ccc2c(c1)c(=O)c1c(N)[nH]nc1n2C. The lowest BCUT2D eigenvalue weighted by Crippen LogP contribution is -2.09. The number of nitrogens with zero attached hydrogens (tertiary/aromatic N) is 2. The zero-order valence-electron chi connectivity index (χ0n) is 10.0. The van der Waals surface area contributed by atoms with Gasteiger partial charge in [0, 0.05) is 7.05 Å². The van der Waals surface area contributed by atoms with E-state index in [0.29, 0.717) is 22.2 Å². The molecule has 0 spiro atoms. The van der Waals surface area contributed by atoms with Gasteiger partial charge >= 0.3 is 0 Å². The average Bonchev–Trinajstić information content (AvgIpc) is 2.78. The first-order valence-corrected chi connectivity index (χ1v) is 5.43. The number of nitrogens with one attached hydrogen (secondary N) is 1. The summed E-state index contributed by atoms with van der Waals surface area (Å²) >= 11 is 0. The van der Waals surface area contributed by atoms with E-state index < -0.39 is 0 Å². The Morgan fingerprint density at radius 2 is 2.22 bits per heavy atom. The number of hydrogen-bond donors (Lipinski definition) is 2. The molecule has 3 aromatic rings. The smallest absolute Gasteiger partial charge is 0.202 e. The summed E-state index contributed by atoms with van der Waals surface area (Å²) in [4.78, 5) is 12.4. The molecule has 0 aliphatic heterocycles. The average molecular weight is 244 g/mol. The number of nitrogen functional groups attached to an aromatic ring is 1. The lowest BCUT2D eigenvalue weighted by atomic mass is 10.1. The van der Waals surface area contributed by atoms with E-state index in [1.807, 2.05) is 23.7 Å². The molecule has 0 amide bonds. The van der Waals surface area contributed by atoms with Crippen LogP contribution in [0.4, 0.5) is 5.82 Å². The molecule has 6 nitrogen and oxygen atoms in total. The van der Waals surface area contributed by atoms with Crippen LogP contribution in [-0.2, 0) is 7.05 Å². The molecule has 0 fully saturated rings. The number of benzene rings is 1. The molecule has 0 radical (unpaired) electrons. The van der Waals surface area contributed by atoms with Crippen LogP contribution in [0.2, 0.25) is 0 Å². The van der Waals surface area contributed by atoms with Crippen molar-refractivity contribution in [3.05, 3.63) is 28.4 Å². The molecule has 18 heavy (non-hydrogen) atoms. The predicted octanol–water partition coefficient (Wildman–Crippen LogP) is 1.01. The van der Waals surface area contributed by atoms with Gasteiger partial charge in [0.1, 0.15) is 17.0 Å². The van der Waals surface area contributed by atoms with Crippen LogP contribution < -0.4 is 15.9 Å². The maximum Gasteiger partial charge on any atom is 0.202 e. The molecule has 0 saturated heterocycles. The number of anilines is 1. The highest BCUT2D eigenvalue weighted by atomic mass is 16.5. The molecule has 2 aromatic heterocycles. The van der Waals surface area contributed by atoms with Gasteiger partial charge in [-0.25, -0.2) is 0 Å². The number of rotatable bonds is 1. The molecule has 3 rings (SSSR count). The summed E-state index contributed by atoms with van der Waals surface area (Å²) in [6.45, 7) is 0. The summed E-state index contributed by atoms with van der Waals surface area (Å²) in [6.07, 6.45) is 0. The maximum absolute atomic E-state index is 12.4. The van der Waals surface area contributed by atoms with E-state index in [4.69, 9.17) is 10.5 Å². The van der Waals surface area contributed by atoms with Crippen LogP contribution in [0.1, 0.15) is 0 Å². The normalized spacial score (nSPS) is 11.2. The van der Waals surface area contributed by atoms with Crippen LogP contribution in [0, 0.1) is 0 Å². The van der Waals surface area contributed by atoms with Gasteiger partial charge in [0.25, 0.3) is 0 Å². The minimum atomic E-state index is -0.136. The van der Waals surface area contributed by atoms with Gasteiger partial charge in [-0.3, -0.25) is 9.89 Å². The second-order valence-electron chi connectivity index (χ2n) is 4.11. The first kappa shape index (κ1) is 10.6. The summed E-state index contributed by atoms with van der Waals surface area (Å²) < 4.78 is 6.97.